The van der Waals surface area contributed by atoms with Gasteiger partial charge in [0, 0.05) is 13.1 Å². The van der Waals surface area contributed by atoms with Crippen LogP contribution >= 0.6 is 0 Å². The third-order valence-corrected chi connectivity index (χ3v) is 2.75. The highest BCUT2D eigenvalue weighted by molar-refractivity contribution is 6.04. The number of hydrogen-bond donors (Lipinski definition) is 0. The first-order valence-corrected chi connectivity index (χ1v) is 5.40. The maximum absolute atomic E-state index is 2.50. The monoisotopic (exact) mass is 187 g/mol. The van der Waals surface area contributed by atoms with E-state index in [2.05, 4.69) is 41.9 Å². The molecular weight excluding hydrogens is 165 g/mol. The van der Waals surface area contributed by atoms with Crippen LogP contribution in [0.2, 0.25) is 0 Å². The van der Waals surface area contributed by atoms with Crippen molar-refractivity contribution >= 4 is 16.5 Å². The summed E-state index contributed by atoms with van der Waals surface area (Å²) < 4.78 is 2.50. The van der Waals surface area contributed by atoms with Gasteiger partial charge in [-0.05, 0) is 41.3 Å². The third-order valence-electron chi connectivity index (χ3n) is 1.86. The Bertz CT molecular complexity index is 94.5. The van der Waals surface area contributed by atoms with E-state index in [0.717, 1.165) is 0 Å². The van der Waals surface area contributed by atoms with Gasteiger partial charge >= 0.3 is 16.5 Å². The molecule has 0 N–H and O–H groups in total. The van der Waals surface area contributed by atoms with Crippen LogP contribution in [-0.2, 0) is 0 Å². The average molecular weight is 187 g/mol. The van der Waals surface area contributed by atoms with E-state index in [9.17, 15) is 0 Å². The zero-order valence-electron chi connectivity index (χ0n) is 9.17. The lowest BCUT2D eigenvalue weighted by Crippen LogP contribution is -2.34. The van der Waals surface area contributed by atoms with Gasteiger partial charge in [-0.15, -0.1) is 0 Å². The van der Waals surface area contributed by atoms with Gasteiger partial charge in [0.1, 0.15) is 0 Å². The summed E-state index contributed by atoms with van der Waals surface area (Å²) in [5, 5.41) is 0. The maximum Gasteiger partial charge on any atom is 0.321 e. The van der Waals surface area contributed by atoms with Crippen LogP contribution in [0, 0.1) is 0 Å². The highest BCUT2D eigenvalue weighted by Crippen LogP contribution is 1.84. The minimum atomic E-state index is 1.18. The lowest BCUT2D eigenvalue weighted by atomic mass is 10.5. The van der Waals surface area contributed by atoms with Crippen LogP contribution in [0.15, 0.2) is 0 Å². The van der Waals surface area contributed by atoms with E-state index in [-0.39, 0.29) is 0 Å². The molecule has 0 aliphatic rings. The number of rotatable bonds is 6. The molecule has 12 heavy (non-hydrogen) atoms. The summed E-state index contributed by atoms with van der Waals surface area (Å²) in [4.78, 5) is 4.47. The lowest BCUT2D eigenvalue weighted by Gasteiger charge is -2.22. The fourth-order valence-corrected chi connectivity index (χ4v) is 1.25. The molecule has 0 fully saturated rings. The second-order valence-electron chi connectivity index (χ2n) is 3.91. The molecule has 0 aromatic carbocycles. The SMILES string of the molecule is CN(C)CC[N]([AlH2])CCN(C)C. The van der Waals surface area contributed by atoms with Gasteiger partial charge in [-0.25, -0.2) is 0 Å². The Hall–Kier alpha value is 0.412. The minimum absolute atomic E-state index is 1.18. The predicted molar refractivity (Wildman–Crippen MR) is 57.2 cm³/mol. The van der Waals surface area contributed by atoms with Gasteiger partial charge in [-0.1, -0.05) is 0 Å². The van der Waals surface area contributed by atoms with Crippen molar-refractivity contribution in [1.29, 1.82) is 0 Å². The van der Waals surface area contributed by atoms with Gasteiger partial charge in [0.15, 0.2) is 0 Å². The summed E-state index contributed by atoms with van der Waals surface area (Å²) in [7, 11) is 8.51. The Morgan fingerprint density at radius 2 is 1.08 bits per heavy atom. The van der Waals surface area contributed by atoms with Crippen LogP contribution in [0.3, 0.4) is 0 Å². The molecule has 0 aromatic rings. The summed E-state index contributed by atoms with van der Waals surface area (Å²) >= 11 is 1.18. The summed E-state index contributed by atoms with van der Waals surface area (Å²) in [5.41, 5.74) is 0. The minimum Gasteiger partial charge on any atom is -0.388 e. The highest BCUT2D eigenvalue weighted by atomic mass is 27.1. The van der Waals surface area contributed by atoms with Gasteiger partial charge in [-0.3, -0.25) is 0 Å². The van der Waals surface area contributed by atoms with Crippen molar-refractivity contribution in [3.05, 3.63) is 0 Å². The number of likely N-dealkylation sites (N-methyl/N-ethyl adjacent to an activating group) is 2. The molecule has 0 amide bonds. The first kappa shape index (κ1) is 12.4. The molecule has 0 saturated heterocycles. The first-order valence-electron chi connectivity index (χ1n) is 4.50. The Morgan fingerprint density at radius 1 is 0.750 bits per heavy atom. The Balaban J connectivity index is 3.27. The summed E-state index contributed by atoms with van der Waals surface area (Å²) in [6, 6.07) is 0. The van der Waals surface area contributed by atoms with Crippen LogP contribution in [-0.4, -0.2) is 84.6 Å². The van der Waals surface area contributed by atoms with Gasteiger partial charge in [0.25, 0.3) is 0 Å². The summed E-state index contributed by atoms with van der Waals surface area (Å²) in [5.74, 6) is 0. The van der Waals surface area contributed by atoms with Gasteiger partial charge < -0.3 is 13.7 Å². The van der Waals surface area contributed by atoms with Crippen LogP contribution in [0.25, 0.3) is 0 Å². The molecule has 0 radical (unpaired) electrons. The number of hydrogen-bond acceptors (Lipinski definition) is 3. The van der Waals surface area contributed by atoms with E-state index < -0.39 is 0 Å². The normalized spacial score (nSPS) is 11.9. The molecular formula is C8H22AlN3. The van der Waals surface area contributed by atoms with Crippen molar-refractivity contribution in [3.63, 3.8) is 0 Å². The van der Waals surface area contributed by atoms with Crippen LogP contribution in [0.5, 0.6) is 0 Å². The second kappa shape index (κ2) is 6.88. The quantitative estimate of drug-likeness (QED) is 0.492. The predicted octanol–water partition coefficient (Wildman–Crippen LogP) is -1.04. The van der Waals surface area contributed by atoms with Crippen LogP contribution in [0.4, 0.5) is 0 Å². The topological polar surface area (TPSA) is 9.72 Å². The Morgan fingerprint density at radius 3 is 1.33 bits per heavy atom. The first-order chi connectivity index (χ1) is 5.52. The zero-order valence-corrected chi connectivity index (χ0v) is 11.2. The van der Waals surface area contributed by atoms with E-state index >= 15 is 0 Å². The average Bonchev–Trinajstić information content (AvgIpc) is 1.96. The van der Waals surface area contributed by atoms with Crippen LogP contribution in [0.1, 0.15) is 0 Å². The van der Waals surface area contributed by atoms with E-state index in [0.29, 0.717) is 0 Å². The molecule has 3 nitrogen and oxygen atoms in total. The molecule has 0 bridgehead atoms. The second-order valence-corrected chi connectivity index (χ2v) is 5.17. The molecule has 72 valence electrons. The number of nitrogens with zero attached hydrogens (tertiary/aromatic N) is 3. The fraction of sp³-hybridized carbons (Fsp3) is 1.00. The standard InChI is InChI=1S/C8H20N3.Al.2H/c1-10(2)7-5-9-6-8-11(3)4;;;/h5-8H2,1-4H3;;;/q-1;+1;;. The van der Waals surface area contributed by atoms with Gasteiger partial charge in [0.05, 0.1) is 0 Å². The molecule has 0 heterocycles. The smallest absolute Gasteiger partial charge is 0.321 e. The molecule has 0 rings (SSSR count). The Kier molecular flexibility index (Phi) is 7.11. The largest absolute Gasteiger partial charge is 0.388 e. The van der Waals surface area contributed by atoms with Crippen molar-refractivity contribution in [2.24, 2.45) is 0 Å². The molecule has 0 atom stereocenters. The molecule has 0 unspecified atom stereocenters. The summed E-state index contributed by atoms with van der Waals surface area (Å²) in [6.07, 6.45) is 0. The van der Waals surface area contributed by atoms with Crippen molar-refractivity contribution in [2.45, 2.75) is 0 Å². The molecule has 0 aromatic heterocycles. The highest BCUT2D eigenvalue weighted by Gasteiger charge is 1.98. The van der Waals surface area contributed by atoms with E-state index in [1.54, 1.807) is 0 Å². The van der Waals surface area contributed by atoms with E-state index in [4.69, 9.17) is 0 Å². The molecule has 0 spiro atoms. The molecule has 0 aliphatic carbocycles. The van der Waals surface area contributed by atoms with Crippen molar-refractivity contribution in [1.82, 2.24) is 13.7 Å². The van der Waals surface area contributed by atoms with Crippen molar-refractivity contribution in [3.8, 4) is 0 Å². The molecule has 4 heteroatoms. The molecule has 0 aliphatic heterocycles. The zero-order chi connectivity index (χ0) is 9.56. The molecule has 0 saturated carbocycles. The van der Waals surface area contributed by atoms with Crippen molar-refractivity contribution in [2.75, 3.05) is 54.4 Å². The van der Waals surface area contributed by atoms with Crippen molar-refractivity contribution < 1.29 is 0 Å². The van der Waals surface area contributed by atoms with Gasteiger partial charge in [0.2, 0.25) is 0 Å². The fourth-order valence-electron chi connectivity index (χ4n) is 0.853. The van der Waals surface area contributed by atoms with Crippen LogP contribution < -0.4 is 0 Å². The van der Waals surface area contributed by atoms with E-state index in [1.165, 1.54) is 42.7 Å². The Labute approximate surface area is 85.0 Å². The van der Waals surface area contributed by atoms with Gasteiger partial charge in [-0.2, -0.15) is 0 Å². The maximum atomic E-state index is 2.50. The summed E-state index contributed by atoms with van der Waals surface area (Å²) in [6.45, 7) is 4.79. The lowest BCUT2D eigenvalue weighted by molar-refractivity contribution is 0.309. The third kappa shape index (κ3) is 8.51. The van der Waals surface area contributed by atoms with E-state index in [1.807, 2.05) is 0 Å².